The van der Waals surface area contributed by atoms with Crippen molar-refractivity contribution in [3.05, 3.63) is 35.4 Å². The number of aryl methyl sites for hydroxylation is 1. The second kappa shape index (κ2) is 7.06. The summed E-state index contributed by atoms with van der Waals surface area (Å²) in [6, 6.07) is 7.07. The molecule has 1 atom stereocenters. The number of carbonyl (C=O) groups is 3. The van der Waals surface area contributed by atoms with Crippen LogP contribution in [0.15, 0.2) is 24.3 Å². The van der Waals surface area contributed by atoms with E-state index in [1.165, 1.54) is 5.56 Å². The lowest BCUT2D eigenvalue weighted by Crippen LogP contribution is -2.32. The summed E-state index contributed by atoms with van der Waals surface area (Å²) in [6.45, 7) is 2.63. The van der Waals surface area contributed by atoms with Crippen molar-refractivity contribution in [2.45, 2.75) is 38.8 Å². The number of hydrogen-bond acceptors (Lipinski definition) is 3. The third-order valence-electron chi connectivity index (χ3n) is 3.78. The molecule has 118 valence electrons. The van der Waals surface area contributed by atoms with Gasteiger partial charge in [-0.1, -0.05) is 31.2 Å². The van der Waals surface area contributed by atoms with Crippen LogP contribution in [0.25, 0.3) is 0 Å². The molecule has 1 aliphatic heterocycles. The van der Waals surface area contributed by atoms with Crippen LogP contribution < -0.4 is 10.6 Å². The summed E-state index contributed by atoms with van der Waals surface area (Å²) in [6.07, 6.45) is 1.53. The monoisotopic (exact) mass is 303 g/mol. The number of rotatable bonds is 6. The van der Waals surface area contributed by atoms with Crippen LogP contribution in [0.4, 0.5) is 4.79 Å². The molecule has 0 radical (unpaired) electrons. The van der Waals surface area contributed by atoms with Crippen LogP contribution in [0, 0.1) is 0 Å². The lowest BCUT2D eigenvalue weighted by molar-refractivity contribution is -0.130. The van der Waals surface area contributed by atoms with Gasteiger partial charge in [-0.05, 0) is 24.0 Å². The molecule has 4 amide bonds. The Balaban J connectivity index is 1.81. The Hall–Kier alpha value is -2.37. The molecule has 1 aromatic carbocycles. The molecule has 0 saturated carbocycles. The second-order valence-electron chi connectivity index (χ2n) is 5.47. The first-order valence-corrected chi connectivity index (χ1v) is 7.42. The Labute approximate surface area is 129 Å². The number of benzene rings is 1. The molecule has 22 heavy (non-hydrogen) atoms. The summed E-state index contributed by atoms with van der Waals surface area (Å²) in [5.41, 5.74) is 2.33. The zero-order chi connectivity index (χ0) is 16.1. The van der Waals surface area contributed by atoms with E-state index in [4.69, 9.17) is 0 Å². The van der Waals surface area contributed by atoms with Crippen LogP contribution in [0.2, 0.25) is 0 Å². The summed E-state index contributed by atoms with van der Waals surface area (Å²) in [7, 11) is 1.74. The molecule has 6 heteroatoms. The van der Waals surface area contributed by atoms with E-state index in [1.807, 2.05) is 12.1 Å². The van der Waals surface area contributed by atoms with Crippen LogP contribution in [-0.4, -0.2) is 35.8 Å². The van der Waals surface area contributed by atoms with Crippen LogP contribution in [0.5, 0.6) is 0 Å². The average molecular weight is 303 g/mol. The van der Waals surface area contributed by atoms with Gasteiger partial charge in [0.2, 0.25) is 5.91 Å². The van der Waals surface area contributed by atoms with E-state index >= 15 is 0 Å². The standard InChI is InChI=1S/C16H21N3O3/c1-3-11-4-6-12(7-5-11)10-19(2)14(20)9-8-13-15(21)18-16(22)17-13/h4-7,13H,3,8-10H2,1-2H3,(H2,17,18,21,22). The molecule has 1 aromatic rings. The van der Waals surface area contributed by atoms with Gasteiger partial charge in [-0.2, -0.15) is 0 Å². The van der Waals surface area contributed by atoms with Gasteiger partial charge in [0.05, 0.1) is 0 Å². The van der Waals surface area contributed by atoms with Crippen LogP contribution in [0.1, 0.15) is 30.9 Å². The van der Waals surface area contributed by atoms with Gasteiger partial charge >= 0.3 is 6.03 Å². The van der Waals surface area contributed by atoms with Crippen molar-refractivity contribution >= 4 is 17.8 Å². The maximum Gasteiger partial charge on any atom is 0.322 e. The Morgan fingerprint density at radius 2 is 1.82 bits per heavy atom. The minimum atomic E-state index is -0.603. The number of imide groups is 1. The molecule has 1 saturated heterocycles. The van der Waals surface area contributed by atoms with E-state index in [2.05, 4.69) is 29.7 Å². The minimum Gasteiger partial charge on any atom is -0.341 e. The molecule has 2 rings (SSSR count). The van der Waals surface area contributed by atoms with Gasteiger partial charge in [-0.3, -0.25) is 14.9 Å². The smallest absolute Gasteiger partial charge is 0.322 e. The second-order valence-corrected chi connectivity index (χ2v) is 5.47. The van der Waals surface area contributed by atoms with E-state index in [1.54, 1.807) is 11.9 Å². The first kappa shape index (κ1) is 16.0. The molecule has 0 bridgehead atoms. The highest BCUT2D eigenvalue weighted by Gasteiger charge is 2.29. The Morgan fingerprint density at radius 3 is 2.36 bits per heavy atom. The van der Waals surface area contributed by atoms with Crippen LogP contribution in [0.3, 0.4) is 0 Å². The SMILES string of the molecule is CCc1ccc(CN(C)C(=O)CCC2NC(=O)NC2=O)cc1. The minimum absolute atomic E-state index is 0.0477. The van der Waals surface area contributed by atoms with Crippen molar-refractivity contribution in [3.63, 3.8) is 0 Å². The number of hydrogen-bond donors (Lipinski definition) is 2. The van der Waals surface area contributed by atoms with E-state index < -0.39 is 12.1 Å². The predicted molar refractivity (Wildman–Crippen MR) is 82.0 cm³/mol. The van der Waals surface area contributed by atoms with Crippen LogP contribution in [-0.2, 0) is 22.6 Å². The molecule has 1 fully saturated rings. The Morgan fingerprint density at radius 1 is 1.18 bits per heavy atom. The average Bonchev–Trinajstić information content (AvgIpc) is 2.83. The molecule has 1 aliphatic rings. The van der Waals surface area contributed by atoms with Crippen molar-refractivity contribution < 1.29 is 14.4 Å². The predicted octanol–water partition coefficient (Wildman–Crippen LogP) is 1.20. The third kappa shape index (κ3) is 4.07. The van der Waals surface area contributed by atoms with Crippen molar-refractivity contribution in [1.82, 2.24) is 15.5 Å². The van der Waals surface area contributed by atoms with Gasteiger partial charge in [0.15, 0.2) is 0 Å². The molecule has 1 heterocycles. The fourth-order valence-corrected chi connectivity index (χ4v) is 2.36. The van der Waals surface area contributed by atoms with E-state index in [0.29, 0.717) is 13.0 Å². The first-order chi connectivity index (χ1) is 10.5. The maximum absolute atomic E-state index is 12.1. The molecule has 6 nitrogen and oxygen atoms in total. The highest BCUT2D eigenvalue weighted by Crippen LogP contribution is 2.10. The molecular weight excluding hydrogens is 282 g/mol. The summed E-state index contributed by atoms with van der Waals surface area (Å²) >= 11 is 0. The number of nitrogens with one attached hydrogen (secondary N) is 2. The Kier molecular flexibility index (Phi) is 5.14. The molecule has 0 spiro atoms. The van der Waals surface area contributed by atoms with Gasteiger partial charge < -0.3 is 10.2 Å². The molecule has 2 N–H and O–H groups in total. The lowest BCUT2D eigenvalue weighted by atomic mass is 10.1. The molecule has 0 aliphatic carbocycles. The quantitative estimate of drug-likeness (QED) is 0.775. The summed E-state index contributed by atoms with van der Waals surface area (Å²) in [5.74, 6) is -0.413. The van der Waals surface area contributed by atoms with Crippen LogP contribution >= 0.6 is 0 Å². The van der Waals surface area contributed by atoms with Crippen molar-refractivity contribution in [2.75, 3.05) is 7.05 Å². The zero-order valence-corrected chi connectivity index (χ0v) is 12.9. The molecule has 0 aromatic heterocycles. The summed E-state index contributed by atoms with van der Waals surface area (Å²) in [5, 5.41) is 4.65. The zero-order valence-electron chi connectivity index (χ0n) is 12.9. The van der Waals surface area contributed by atoms with Crippen molar-refractivity contribution in [3.8, 4) is 0 Å². The van der Waals surface area contributed by atoms with E-state index in [9.17, 15) is 14.4 Å². The number of nitrogens with zero attached hydrogens (tertiary/aromatic N) is 1. The van der Waals surface area contributed by atoms with Gasteiger partial charge in [-0.25, -0.2) is 4.79 Å². The largest absolute Gasteiger partial charge is 0.341 e. The number of carbonyl (C=O) groups excluding carboxylic acids is 3. The summed E-state index contributed by atoms with van der Waals surface area (Å²) < 4.78 is 0. The third-order valence-corrected chi connectivity index (χ3v) is 3.78. The topological polar surface area (TPSA) is 78.5 Å². The van der Waals surface area contributed by atoms with Gasteiger partial charge in [0, 0.05) is 20.0 Å². The lowest BCUT2D eigenvalue weighted by Gasteiger charge is -2.18. The maximum atomic E-state index is 12.1. The van der Waals surface area contributed by atoms with Crippen molar-refractivity contribution in [2.24, 2.45) is 0 Å². The van der Waals surface area contributed by atoms with E-state index in [-0.39, 0.29) is 18.2 Å². The van der Waals surface area contributed by atoms with Gasteiger partial charge in [-0.15, -0.1) is 0 Å². The fourth-order valence-electron chi connectivity index (χ4n) is 2.36. The highest BCUT2D eigenvalue weighted by molar-refractivity contribution is 6.04. The highest BCUT2D eigenvalue weighted by atomic mass is 16.2. The number of amides is 4. The normalized spacial score (nSPS) is 17.1. The first-order valence-electron chi connectivity index (χ1n) is 7.42. The fraction of sp³-hybridized carbons (Fsp3) is 0.438. The Bertz CT molecular complexity index is 569. The van der Waals surface area contributed by atoms with Gasteiger partial charge in [0.25, 0.3) is 5.91 Å². The molecular formula is C16H21N3O3. The van der Waals surface area contributed by atoms with Gasteiger partial charge in [0.1, 0.15) is 6.04 Å². The van der Waals surface area contributed by atoms with Crippen molar-refractivity contribution in [1.29, 1.82) is 0 Å². The van der Waals surface area contributed by atoms with E-state index in [0.717, 1.165) is 12.0 Å². The molecule has 1 unspecified atom stereocenters. The summed E-state index contributed by atoms with van der Waals surface area (Å²) in [4.78, 5) is 36.1. The number of urea groups is 1.